The lowest BCUT2D eigenvalue weighted by Gasteiger charge is -2.45. The summed E-state index contributed by atoms with van der Waals surface area (Å²) >= 11 is 0. The van der Waals surface area contributed by atoms with Crippen molar-refractivity contribution in [1.29, 1.82) is 0 Å². The molecule has 0 bridgehead atoms. The van der Waals surface area contributed by atoms with Gasteiger partial charge in [-0.3, -0.25) is 0 Å². The molecule has 1 rings (SSSR count). The van der Waals surface area contributed by atoms with E-state index in [9.17, 15) is 4.79 Å². The zero-order valence-corrected chi connectivity index (χ0v) is 14.2. The normalized spacial score (nSPS) is 33.2. The predicted molar refractivity (Wildman–Crippen MR) is 77.8 cm³/mol. The standard InChI is InChI=1S/C14H28O4Si/c1-10-9-17-11(8-15)13(12(10)16-5)18-19(6,7)14(2,3)4/h8,10-13H,9H2,1-7H3/t10-,11+,12-,13-/m0/s1. The third kappa shape index (κ3) is 3.65. The number of hydrogen-bond donors (Lipinski definition) is 0. The summed E-state index contributed by atoms with van der Waals surface area (Å²) in [4.78, 5) is 11.2. The van der Waals surface area contributed by atoms with Crippen LogP contribution in [0.5, 0.6) is 0 Å². The number of carbonyl (C=O) groups is 1. The van der Waals surface area contributed by atoms with Crippen molar-refractivity contribution in [3.05, 3.63) is 0 Å². The minimum atomic E-state index is -1.96. The van der Waals surface area contributed by atoms with E-state index in [1.54, 1.807) is 7.11 Å². The van der Waals surface area contributed by atoms with Crippen molar-refractivity contribution in [1.82, 2.24) is 0 Å². The molecule has 0 spiro atoms. The molecule has 1 saturated heterocycles. The first-order chi connectivity index (χ1) is 8.64. The van der Waals surface area contributed by atoms with Crippen LogP contribution in [-0.4, -0.2) is 46.6 Å². The molecule has 1 aliphatic rings. The van der Waals surface area contributed by atoms with Crippen molar-refractivity contribution in [3.63, 3.8) is 0 Å². The smallest absolute Gasteiger partial charge is 0.192 e. The molecule has 0 unspecified atom stereocenters. The molecule has 0 aromatic carbocycles. The molecule has 19 heavy (non-hydrogen) atoms. The molecule has 0 N–H and O–H groups in total. The second-order valence-electron chi connectivity index (χ2n) is 6.95. The molecule has 0 radical (unpaired) electrons. The van der Waals surface area contributed by atoms with Crippen LogP contribution in [0.4, 0.5) is 0 Å². The fourth-order valence-electron chi connectivity index (χ4n) is 2.10. The first kappa shape index (κ1) is 16.8. The van der Waals surface area contributed by atoms with Crippen molar-refractivity contribution in [2.45, 2.75) is 64.1 Å². The van der Waals surface area contributed by atoms with Gasteiger partial charge in [-0.25, -0.2) is 0 Å². The van der Waals surface area contributed by atoms with Crippen molar-refractivity contribution in [2.75, 3.05) is 13.7 Å². The van der Waals surface area contributed by atoms with Crippen molar-refractivity contribution < 1.29 is 18.7 Å². The minimum Gasteiger partial charge on any atom is -0.408 e. The van der Waals surface area contributed by atoms with Gasteiger partial charge in [0.15, 0.2) is 14.6 Å². The summed E-state index contributed by atoms with van der Waals surface area (Å²) in [6.45, 7) is 13.5. The molecule has 0 aromatic heterocycles. The van der Waals surface area contributed by atoms with Gasteiger partial charge >= 0.3 is 0 Å². The van der Waals surface area contributed by atoms with E-state index in [4.69, 9.17) is 13.9 Å². The molecule has 1 heterocycles. The van der Waals surface area contributed by atoms with Gasteiger partial charge in [0.2, 0.25) is 0 Å². The van der Waals surface area contributed by atoms with Gasteiger partial charge in [0, 0.05) is 13.0 Å². The summed E-state index contributed by atoms with van der Waals surface area (Å²) < 4.78 is 17.5. The van der Waals surface area contributed by atoms with E-state index in [1.165, 1.54) is 0 Å². The highest BCUT2D eigenvalue weighted by Gasteiger charge is 2.46. The van der Waals surface area contributed by atoms with Gasteiger partial charge in [-0.2, -0.15) is 0 Å². The Hall–Kier alpha value is -0.233. The van der Waals surface area contributed by atoms with Crippen LogP contribution < -0.4 is 0 Å². The fourth-order valence-corrected chi connectivity index (χ4v) is 3.40. The summed E-state index contributed by atoms with van der Waals surface area (Å²) in [6, 6.07) is 0. The molecule has 0 amide bonds. The second-order valence-corrected chi connectivity index (χ2v) is 11.7. The van der Waals surface area contributed by atoms with Gasteiger partial charge in [0.25, 0.3) is 0 Å². The van der Waals surface area contributed by atoms with E-state index in [-0.39, 0.29) is 23.2 Å². The summed E-state index contributed by atoms with van der Waals surface area (Å²) in [7, 11) is -0.280. The molecular formula is C14H28O4Si. The molecule has 1 aliphatic heterocycles. The molecule has 4 nitrogen and oxygen atoms in total. The van der Waals surface area contributed by atoms with Gasteiger partial charge in [0.05, 0.1) is 12.7 Å². The average molecular weight is 288 g/mol. The van der Waals surface area contributed by atoms with Crippen LogP contribution in [0.25, 0.3) is 0 Å². The number of hydrogen-bond acceptors (Lipinski definition) is 4. The third-order valence-corrected chi connectivity index (χ3v) is 8.88. The first-order valence-corrected chi connectivity index (χ1v) is 9.82. The quantitative estimate of drug-likeness (QED) is 0.589. The number of aldehydes is 1. The number of rotatable bonds is 4. The Morgan fingerprint density at radius 1 is 1.26 bits per heavy atom. The molecule has 0 aliphatic carbocycles. The Morgan fingerprint density at radius 3 is 2.26 bits per heavy atom. The van der Waals surface area contributed by atoms with Crippen LogP contribution >= 0.6 is 0 Å². The monoisotopic (exact) mass is 288 g/mol. The lowest BCUT2D eigenvalue weighted by molar-refractivity contribution is -0.167. The topological polar surface area (TPSA) is 44.8 Å². The summed E-state index contributed by atoms with van der Waals surface area (Å²) in [6.07, 6.45) is -0.0594. The Labute approximate surface area is 117 Å². The molecule has 4 atom stereocenters. The molecule has 5 heteroatoms. The van der Waals surface area contributed by atoms with Crippen molar-refractivity contribution >= 4 is 14.6 Å². The van der Waals surface area contributed by atoms with Gasteiger partial charge in [-0.15, -0.1) is 0 Å². The molecule has 112 valence electrons. The van der Waals surface area contributed by atoms with Crippen molar-refractivity contribution in [3.8, 4) is 0 Å². The van der Waals surface area contributed by atoms with E-state index in [0.29, 0.717) is 6.61 Å². The average Bonchev–Trinajstić information content (AvgIpc) is 2.28. The third-order valence-electron chi connectivity index (χ3n) is 4.40. The molecule has 1 fully saturated rings. The fraction of sp³-hybridized carbons (Fsp3) is 0.929. The van der Waals surface area contributed by atoms with E-state index in [2.05, 4.69) is 40.8 Å². The Kier molecular flexibility index (Phi) is 5.34. The van der Waals surface area contributed by atoms with Crippen LogP contribution in [0.3, 0.4) is 0 Å². The highest BCUT2D eigenvalue weighted by atomic mass is 28.4. The number of ether oxygens (including phenoxy) is 2. The van der Waals surface area contributed by atoms with E-state index in [1.807, 2.05) is 0 Å². The number of carbonyl (C=O) groups excluding carboxylic acids is 1. The van der Waals surface area contributed by atoms with E-state index >= 15 is 0 Å². The minimum absolute atomic E-state index is 0.0851. The van der Waals surface area contributed by atoms with E-state index in [0.717, 1.165) is 6.29 Å². The van der Waals surface area contributed by atoms with Crippen LogP contribution in [0.15, 0.2) is 0 Å². The van der Waals surface area contributed by atoms with Crippen LogP contribution in [0.1, 0.15) is 27.7 Å². The lowest BCUT2D eigenvalue weighted by atomic mass is 9.94. The maximum atomic E-state index is 11.2. The predicted octanol–water partition coefficient (Wildman–Crippen LogP) is 2.63. The van der Waals surface area contributed by atoms with Crippen LogP contribution in [-0.2, 0) is 18.7 Å². The van der Waals surface area contributed by atoms with Crippen LogP contribution in [0.2, 0.25) is 18.1 Å². The zero-order valence-electron chi connectivity index (χ0n) is 13.2. The zero-order chi connectivity index (χ0) is 14.8. The van der Waals surface area contributed by atoms with E-state index < -0.39 is 14.4 Å². The highest BCUT2D eigenvalue weighted by molar-refractivity contribution is 6.74. The second kappa shape index (κ2) is 6.04. The molecular weight excluding hydrogens is 260 g/mol. The van der Waals surface area contributed by atoms with Gasteiger partial charge < -0.3 is 18.7 Å². The lowest BCUT2D eigenvalue weighted by Crippen LogP contribution is -2.57. The van der Waals surface area contributed by atoms with Crippen LogP contribution in [0, 0.1) is 5.92 Å². The maximum absolute atomic E-state index is 11.2. The molecule has 0 aromatic rings. The largest absolute Gasteiger partial charge is 0.408 e. The summed E-state index contributed by atoms with van der Waals surface area (Å²) in [5, 5.41) is 0.0966. The van der Waals surface area contributed by atoms with Gasteiger partial charge in [-0.1, -0.05) is 27.7 Å². The summed E-state index contributed by atoms with van der Waals surface area (Å²) in [5.74, 6) is 0.232. The first-order valence-electron chi connectivity index (χ1n) is 6.91. The Balaban J connectivity index is 2.94. The molecule has 0 saturated carbocycles. The highest BCUT2D eigenvalue weighted by Crippen LogP contribution is 2.39. The Morgan fingerprint density at radius 2 is 1.84 bits per heavy atom. The van der Waals surface area contributed by atoms with Crippen molar-refractivity contribution in [2.24, 2.45) is 5.92 Å². The SMILES string of the molecule is CO[C@@H]1[C@@H](O[Si](C)(C)C(C)(C)C)[C@@H](C=O)OC[C@@H]1C. The summed E-state index contributed by atoms with van der Waals surface area (Å²) in [5.41, 5.74) is 0. The van der Waals surface area contributed by atoms with Gasteiger partial charge in [-0.05, 0) is 18.1 Å². The number of methoxy groups -OCH3 is 1. The van der Waals surface area contributed by atoms with Gasteiger partial charge in [0.1, 0.15) is 12.2 Å². The maximum Gasteiger partial charge on any atom is 0.192 e. The Bertz CT molecular complexity index is 311.